The van der Waals surface area contributed by atoms with Crippen molar-refractivity contribution >= 4 is 13.2 Å². The summed E-state index contributed by atoms with van der Waals surface area (Å²) in [6.45, 7) is 8.58. The molecule has 0 N–H and O–H groups in total. The number of carbonyl (C=O) groups excluding carboxylic acids is 1. The Kier molecular flexibility index (Phi) is 4.59. The molecular weight excluding hydrogens is 341 g/mol. The largest absolute Gasteiger partial charge is 0.490 e. The third kappa shape index (κ3) is 3.41. The molecule has 3 aliphatic rings. The third-order valence-electron chi connectivity index (χ3n) is 6.40. The molecular formula is C21H28BNO4. The Morgan fingerprint density at radius 1 is 1.15 bits per heavy atom. The molecule has 0 radical (unpaired) electrons. The summed E-state index contributed by atoms with van der Waals surface area (Å²) in [5, 5.41) is 0. The van der Waals surface area contributed by atoms with Crippen LogP contribution in [0.4, 0.5) is 4.79 Å². The van der Waals surface area contributed by atoms with Crippen LogP contribution in [-0.2, 0) is 20.7 Å². The summed E-state index contributed by atoms with van der Waals surface area (Å²) in [6, 6.07) is 10.0. The minimum atomic E-state index is -0.344. The molecule has 2 fully saturated rings. The monoisotopic (exact) mass is 369 g/mol. The normalized spacial score (nSPS) is 28.2. The molecule has 2 saturated heterocycles. The summed E-state index contributed by atoms with van der Waals surface area (Å²) >= 11 is 0. The minimum absolute atomic E-state index is 0.0704. The highest BCUT2D eigenvalue weighted by Gasteiger charge is 2.54. The molecule has 6 heteroatoms. The third-order valence-corrected chi connectivity index (χ3v) is 6.40. The van der Waals surface area contributed by atoms with E-state index in [9.17, 15) is 4.79 Å². The summed E-state index contributed by atoms with van der Waals surface area (Å²) in [4.78, 5) is 14.6. The summed E-state index contributed by atoms with van der Waals surface area (Å²) in [7, 11) is -0.319. The molecule has 2 unspecified atom stereocenters. The predicted octanol–water partition coefficient (Wildman–Crippen LogP) is 4.12. The molecule has 2 atom stereocenters. The number of hydrogen-bond donors (Lipinski definition) is 0. The van der Waals surface area contributed by atoms with E-state index in [0.717, 1.165) is 30.3 Å². The van der Waals surface area contributed by atoms with Gasteiger partial charge in [-0.2, -0.15) is 0 Å². The van der Waals surface area contributed by atoms with Gasteiger partial charge in [0.1, 0.15) is 6.61 Å². The van der Waals surface area contributed by atoms with Gasteiger partial charge in [-0.15, -0.1) is 0 Å². The molecule has 1 aromatic rings. The van der Waals surface area contributed by atoms with E-state index in [1.165, 1.54) is 0 Å². The molecule has 5 nitrogen and oxygen atoms in total. The maximum Gasteiger partial charge on any atom is 0.490 e. The molecule has 2 bridgehead atoms. The van der Waals surface area contributed by atoms with Gasteiger partial charge in [0.05, 0.1) is 17.2 Å². The van der Waals surface area contributed by atoms with E-state index in [-0.39, 0.29) is 36.5 Å². The van der Waals surface area contributed by atoms with Crippen molar-refractivity contribution in [1.29, 1.82) is 0 Å². The van der Waals surface area contributed by atoms with Crippen molar-refractivity contribution in [2.24, 2.45) is 0 Å². The lowest BCUT2D eigenvalue weighted by molar-refractivity contribution is 0.00578. The number of rotatable bonds is 3. The molecule has 144 valence electrons. The van der Waals surface area contributed by atoms with Crippen LogP contribution >= 0.6 is 0 Å². The van der Waals surface area contributed by atoms with E-state index in [2.05, 4.69) is 33.8 Å². The molecule has 0 saturated carbocycles. The van der Waals surface area contributed by atoms with Crippen LogP contribution in [0.2, 0.25) is 0 Å². The Hall–Kier alpha value is -1.79. The average molecular weight is 369 g/mol. The van der Waals surface area contributed by atoms with Crippen LogP contribution in [-0.4, -0.2) is 41.4 Å². The van der Waals surface area contributed by atoms with E-state index in [4.69, 9.17) is 14.0 Å². The summed E-state index contributed by atoms with van der Waals surface area (Å²) in [5.41, 5.74) is 1.48. The van der Waals surface area contributed by atoms with Crippen LogP contribution in [0, 0.1) is 0 Å². The maximum absolute atomic E-state index is 12.7. The lowest BCUT2D eigenvalue weighted by atomic mass is 9.73. The summed E-state index contributed by atoms with van der Waals surface area (Å²) in [5.74, 6) is 0. The van der Waals surface area contributed by atoms with Crippen molar-refractivity contribution in [3.05, 3.63) is 47.4 Å². The number of carbonyl (C=O) groups is 1. The number of amides is 1. The topological polar surface area (TPSA) is 48.0 Å². The van der Waals surface area contributed by atoms with Gasteiger partial charge in [-0.1, -0.05) is 36.4 Å². The van der Waals surface area contributed by atoms with Crippen molar-refractivity contribution in [2.75, 3.05) is 0 Å². The van der Waals surface area contributed by atoms with E-state index in [1.54, 1.807) is 0 Å². The lowest BCUT2D eigenvalue weighted by Gasteiger charge is -2.33. The van der Waals surface area contributed by atoms with Gasteiger partial charge in [-0.25, -0.2) is 4.79 Å². The van der Waals surface area contributed by atoms with Gasteiger partial charge in [-0.05, 0) is 58.0 Å². The molecule has 3 aliphatic heterocycles. The highest BCUT2D eigenvalue weighted by atomic mass is 16.7. The zero-order valence-electron chi connectivity index (χ0n) is 16.6. The van der Waals surface area contributed by atoms with Crippen LogP contribution < -0.4 is 0 Å². The Labute approximate surface area is 161 Å². The first-order valence-corrected chi connectivity index (χ1v) is 9.82. The molecule has 1 aromatic carbocycles. The first kappa shape index (κ1) is 18.6. The van der Waals surface area contributed by atoms with E-state index in [1.807, 2.05) is 35.2 Å². The number of nitrogens with zero attached hydrogens (tertiary/aromatic N) is 1. The predicted molar refractivity (Wildman–Crippen MR) is 104 cm³/mol. The van der Waals surface area contributed by atoms with E-state index in [0.29, 0.717) is 6.61 Å². The van der Waals surface area contributed by atoms with Gasteiger partial charge in [-0.3, -0.25) is 4.90 Å². The highest BCUT2D eigenvalue weighted by molar-refractivity contribution is 6.54. The Balaban J connectivity index is 1.43. The summed E-state index contributed by atoms with van der Waals surface area (Å²) in [6.07, 6.45) is 4.68. The Morgan fingerprint density at radius 3 is 2.44 bits per heavy atom. The van der Waals surface area contributed by atoms with Gasteiger partial charge >= 0.3 is 13.2 Å². The zero-order valence-corrected chi connectivity index (χ0v) is 16.6. The van der Waals surface area contributed by atoms with Crippen LogP contribution in [0.3, 0.4) is 0 Å². The molecule has 27 heavy (non-hydrogen) atoms. The fourth-order valence-corrected chi connectivity index (χ4v) is 4.11. The second-order valence-electron chi connectivity index (χ2n) is 8.78. The lowest BCUT2D eigenvalue weighted by Crippen LogP contribution is -2.45. The van der Waals surface area contributed by atoms with Gasteiger partial charge in [0.2, 0.25) is 0 Å². The van der Waals surface area contributed by atoms with Crippen molar-refractivity contribution in [3.8, 4) is 0 Å². The fourth-order valence-electron chi connectivity index (χ4n) is 4.11. The molecule has 4 rings (SSSR count). The number of ether oxygens (including phenoxy) is 1. The second-order valence-corrected chi connectivity index (χ2v) is 8.78. The van der Waals surface area contributed by atoms with Crippen LogP contribution in [0.25, 0.3) is 0 Å². The Bertz CT molecular complexity index is 730. The molecule has 0 aromatic heterocycles. The fraction of sp³-hybridized carbons (Fsp3) is 0.571. The van der Waals surface area contributed by atoms with Gasteiger partial charge in [0.15, 0.2) is 0 Å². The van der Waals surface area contributed by atoms with Gasteiger partial charge in [0.25, 0.3) is 0 Å². The highest BCUT2D eigenvalue weighted by Crippen LogP contribution is 2.43. The smallest absolute Gasteiger partial charge is 0.445 e. The van der Waals surface area contributed by atoms with Gasteiger partial charge in [0, 0.05) is 6.04 Å². The van der Waals surface area contributed by atoms with Crippen molar-refractivity contribution < 1.29 is 18.8 Å². The quantitative estimate of drug-likeness (QED) is 0.752. The number of hydrogen-bond acceptors (Lipinski definition) is 4. The standard InChI is InChI=1S/C21H28BNO4/c1-20(2)21(3,4)27-22(26-20)16-12-17-10-11-18(13-16)23(17)19(24)25-14-15-8-6-5-7-9-15/h5-9,12,17-18H,10-11,13-14H2,1-4H3. The number of fused-ring (bicyclic) bond motifs is 2. The van der Waals surface area contributed by atoms with Crippen molar-refractivity contribution in [1.82, 2.24) is 4.90 Å². The first-order chi connectivity index (χ1) is 12.8. The minimum Gasteiger partial charge on any atom is -0.445 e. The van der Waals surface area contributed by atoms with E-state index >= 15 is 0 Å². The summed E-state index contributed by atoms with van der Waals surface area (Å²) < 4.78 is 18.0. The van der Waals surface area contributed by atoms with Gasteiger partial charge < -0.3 is 14.0 Å². The molecule has 1 amide bonds. The molecule has 0 aliphatic carbocycles. The second kappa shape index (κ2) is 6.68. The maximum atomic E-state index is 12.7. The van der Waals surface area contributed by atoms with Crippen LogP contribution in [0.15, 0.2) is 41.9 Å². The van der Waals surface area contributed by atoms with Crippen molar-refractivity contribution in [2.45, 2.75) is 76.9 Å². The van der Waals surface area contributed by atoms with Crippen LogP contribution in [0.5, 0.6) is 0 Å². The number of benzene rings is 1. The first-order valence-electron chi connectivity index (χ1n) is 9.82. The molecule has 0 spiro atoms. The van der Waals surface area contributed by atoms with Crippen molar-refractivity contribution in [3.63, 3.8) is 0 Å². The van der Waals surface area contributed by atoms with Crippen LogP contribution in [0.1, 0.15) is 52.5 Å². The average Bonchev–Trinajstić information content (AvgIpc) is 3.01. The molecule has 3 heterocycles. The van der Waals surface area contributed by atoms with E-state index < -0.39 is 0 Å². The zero-order chi connectivity index (χ0) is 19.2. The Morgan fingerprint density at radius 2 is 1.81 bits per heavy atom. The SMILES string of the molecule is CC1(C)OB(C2=CC3CCC(C2)N3C(=O)OCc2ccccc2)OC1(C)C.